The molecule has 4 nitrogen and oxygen atoms in total. The first-order valence-corrected chi connectivity index (χ1v) is 12.2. The molecule has 0 spiro atoms. The minimum atomic E-state index is -2.99. The molecule has 1 aliphatic rings. The van der Waals surface area contributed by atoms with E-state index in [4.69, 9.17) is 8.95 Å². The van der Waals surface area contributed by atoms with Crippen molar-refractivity contribution in [3.63, 3.8) is 0 Å². The van der Waals surface area contributed by atoms with E-state index in [0.29, 0.717) is 18.6 Å². The molecule has 2 unspecified atom stereocenters. The average molecular weight is 364 g/mol. The molecule has 138 valence electrons. The van der Waals surface area contributed by atoms with Crippen LogP contribution >= 0.6 is 12.6 Å². The Kier molecular flexibility index (Phi) is 12.7. The van der Waals surface area contributed by atoms with Gasteiger partial charge in [-0.3, -0.25) is 4.53 Å². The van der Waals surface area contributed by atoms with Crippen LogP contribution in [0.2, 0.25) is 6.04 Å². The SMILES string of the molecule is CCCCCCCCCCC1CCO[Si](O)(CCCS)ONC1. The Hall–Kier alpha value is 0.407. The molecule has 0 radical (unpaired) electrons. The van der Waals surface area contributed by atoms with Crippen molar-refractivity contribution in [2.75, 3.05) is 18.9 Å². The second-order valence-corrected chi connectivity index (χ2v) is 9.62. The molecule has 0 amide bonds. The van der Waals surface area contributed by atoms with E-state index in [1.807, 2.05) is 0 Å². The first-order chi connectivity index (χ1) is 11.2. The maximum Gasteiger partial charge on any atom is 0.515 e. The molecule has 23 heavy (non-hydrogen) atoms. The fraction of sp³-hybridized carbons (Fsp3) is 1.00. The van der Waals surface area contributed by atoms with Crippen LogP contribution in [-0.4, -0.2) is 32.5 Å². The van der Waals surface area contributed by atoms with Gasteiger partial charge in [0, 0.05) is 19.2 Å². The Balaban J connectivity index is 2.05. The van der Waals surface area contributed by atoms with E-state index >= 15 is 0 Å². The summed E-state index contributed by atoms with van der Waals surface area (Å²) in [4.78, 5) is 10.3. The number of unbranched alkanes of at least 4 members (excludes halogenated alkanes) is 7. The van der Waals surface area contributed by atoms with Crippen molar-refractivity contribution in [2.45, 2.75) is 83.6 Å². The molecule has 1 rings (SSSR count). The maximum absolute atomic E-state index is 10.3. The molecular weight excluding hydrogens is 326 g/mol. The molecule has 0 aromatic carbocycles. The van der Waals surface area contributed by atoms with Crippen molar-refractivity contribution in [3.05, 3.63) is 0 Å². The van der Waals surface area contributed by atoms with E-state index in [1.54, 1.807) is 0 Å². The minimum Gasteiger partial charge on any atom is -0.389 e. The van der Waals surface area contributed by atoms with Crippen molar-refractivity contribution in [1.82, 2.24) is 5.48 Å². The average Bonchev–Trinajstić information content (AvgIpc) is 2.53. The topological polar surface area (TPSA) is 50.7 Å². The number of hydroxylamine groups is 1. The van der Waals surface area contributed by atoms with Crippen LogP contribution in [0.5, 0.6) is 0 Å². The molecule has 6 heteroatoms. The van der Waals surface area contributed by atoms with Gasteiger partial charge in [0.15, 0.2) is 0 Å². The van der Waals surface area contributed by atoms with Crippen molar-refractivity contribution >= 4 is 21.4 Å². The third-order valence-electron chi connectivity index (χ3n) is 4.57. The Morgan fingerprint density at radius 2 is 1.78 bits per heavy atom. The van der Waals surface area contributed by atoms with E-state index in [1.165, 1.54) is 57.8 Å². The van der Waals surface area contributed by atoms with Gasteiger partial charge in [-0.2, -0.15) is 12.6 Å². The number of rotatable bonds is 12. The van der Waals surface area contributed by atoms with Gasteiger partial charge in [-0.1, -0.05) is 58.3 Å². The number of thiol groups is 1. The van der Waals surface area contributed by atoms with Crippen LogP contribution in [0.25, 0.3) is 0 Å². The van der Waals surface area contributed by atoms with Gasteiger partial charge >= 0.3 is 8.80 Å². The Bertz CT molecular complexity index is 275. The van der Waals surface area contributed by atoms with Gasteiger partial charge in [0.25, 0.3) is 0 Å². The van der Waals surface area contributed by atoms with Crippen LogP contribution in [0.3, 0.4) is 0 Å². The second kappa shape index (κ2) is 13.7. The molecule has 2 atom stereocenters. The molecule has 0 aliphatic carbocycles. The first kappa shape index (κ1) is 21.4. The Morgan fingerprint density at radius 1 is 1.09 bits per heavy atom. The molecule has 2 N–H and O–H groups in total. The number of hydrogen-bond donors (Lipinski definition) is 3. The highest BCUT2D eigenvalue weighted by molar-refractivity contribution is 7.80. The summed E-state index contributed by atoms with van der Waals surface area (Å²) in [6.07, 6.45) is 14.0. The van der Waals surface area contributed by atoms with Gasteiger partial charge < -0.3 is 9.22 Å². The van der Waals surface area contributed by atoms with Gasteiger partial charge in [-0.05, 0) is 30.9 Å². The van der Waals surface area contributed by atoms with E-state index < -0.39 is 8.80 Å². The fourth-order valence-electron chi connectivity index (χ4n) is 3.03. The fourth-order valence-corrected chi connectivity index (χ4v) is 5.16. The van der Waals surface area contributed by atoms with Gasteiger partial charge in [-0.15, -0.1) is 0 Å². The molecule has 1 heterocycles. The van der Waals surface area contributed by atoms with Crippen LogP contribution in [0.4, 0.5) is 0 Å². The highest BCUT2D eigenvalue weighted by atomic mass is 32.1. The zero-order valence-corrected chi connectivity index (χ0v) is 16.8. The van der Waals surface area contributed by atoms with Crippen LogP contribution < -0.4 is 5.48 Å². The van der Waals surface area contributed by atoms with Crippen molar-refractivity contribution < 1.29 is 13.7 Å². The maximum atomic E-state index is 10.3. The second-order valence-electron chi connectivity index (χ2n) is 6.76. The summed E-state index contributed by atoms with van der Waals surface area (Å²) in [6.45, 7) is 3.72. The molecule has 1 fully saturated rings. The summed E-state index contributed by atoms with van der Waals surface area (Å²) in [5.41, 5.74) is 2.97. The van der Waals surface area contributed by atoms with Crippen LogP contribution in [-0.2, 0) is 8.95 Å². The van der Waals surface area contributed by atoms with Crippen molar-refractivity contribution in [3.8, 4) is 0 Å². The highest BCUT2D eigenvalue weighted by Crippen LogP contribution is 2.20. The summed E-state index contributed by atoms with van der Waals surface area (Å²) in [7, 11) is -2.99. The molecule has 0 aromatic rings. The van der Waals surface area contributed by atoms with Gasteiger partial charge in [0.2, 0.25) is 0 Å². The molecule has 0 saturated carbocycles. The van der Waals surface area contributed by atoms with E-state index in [-0.39, 0.29) is 0 Å². The van der Waals surface area contributed by atoms with E-state index in [2.05, 4.69) is 25.0 Å². The van der Waals surface area contributed by atoms with Gasteiger partial charge in [-0.25, -0.2) is 5.48 Å². The first-order valence-electron chi connectivity index (χ1n) is 9.58. The zero-order valence-electron chi connectivity index (χ0n) is 14.9. The normalized spacial score (nSPS) is 26.0. The Morgan fingerprint density at radius 3 is 2.48 bits per heavy atom. The van der Waals surface area contributed by atoms with E-state index in [9.17, 15) is 4.80 Å². The lowest BCUT2D eigenvalue weighted by atomic mass is 9.97. The Labute approximate surface area is 149 Å². The van der Waals surface area contributed by atoms with Gasteiger partial charge in [0.1, 0.15) is 0 Å². The minimum absolute atomic E-state index is 0.589. The van der Waals surface area contributed by atoms with Crippen molar-refractivity contribution in [2.24, 2.45) is 5.92 Å². The largest absolute Gasteiger partial charge is 0.515 e. The summed E-state index contributed by atoms with van der Waals surface area (Å²) >= 11 is 4.18. The number of hydrogen-bond acceptors (Lipinski definition) is 5. The lowest BCUT2D eigenvalue weighted by molar-refractivity contribution is 0.0185. The van der Waals surface area contributed by atoms with Gasteiger partial charge in [0.05, 0.1) is 0 Å². The van der Waals surface area contributed by atoms with Crippen LogP contribution in [0, 0.1) is 5.92 Å². The lowest BCUT2D eigenvalue weighted by Gasteiger charge is -2.29. The standard InChI is InChI=1S/C17H37NO3SSi/c1-2-3-4-5-6-7-8-9-11-17-12-13-20-23(19,15-10-14-22)21-18-16-17/h17-19,22H,2-16H2,1H3. The number of nitrogens with one attached hydrogen (secondary N) is 1. The summed E-state index contributed by atoms with van der Waals surface area (Å²) in [5, 5.41) is 0. The zero-order chi connectivity index (χ0) is 16.8. The molecule has 0 bridgehead atoms. The van der Waals surface area contributed by atoms with E-state index in [0.717, 1.165) is 25.1 Å². The summed E-state index contributed by atoms with van der Waals surface area (Å²) in [6, 6.07) is 0.589. The predicted octanol–water partition coefficient (Wildman–Crippen LogP) is 4.33. The van der Waals surface area contributed by atoms with Crippen molar-refractivity contribution in [1.29, 1.82) is 0 Å². The summed E-state index contributed by atoms with van der Waals surface area (Å²) in [5.74, 6) is 1.35. The third kappa shape index (κ3) is 10.8. The summed E-state index contributed by atoms with van der Waals surface area (Å²) < 4.78 is 11.1. The lowest BCUT2D eigenvalue weighted by Crippen LogP contribution is -2.49. The van der Waals surface area contributed by atoms with Crippen LogP contribution in [0.15, 0.2) is 0 Å². The third-order valence-corrected chi connectivity index (χ3v) is 6.99. The monoisotopic (exact) mass is 363 g/mol. The molecule has 1 aliphatic heterocycles. The van der Waals surface area contributed by atoms with Crippen LogP contribution in [0.1, 0.15) is 77.6 Å². The molecule has 1 saturated heterocycles. The highest BCUT2D eigenvalue weighted by Gasteiger charge is 2.38. The molecule has 0 aromatic heterocycles. The molecular formula is C17H37NO3SSi. The smallest absolute Gasteiger partial charge is 0.389 e. The quantitative estimate of drug-likeness (QED) is 0.274. The predicted molar refractivity (Wildman–Crippen MR) is 102 cm³/mol.